The molecule has 0 aliphatic rings. The third kappa shape index (κ3) is 2.83. The average Bonchev–Trinajstić information content (AvgIpc) is 2.16. The van der Waals surface area contributed by atoms with Crippen LogP contribution in [0.2, 0.25) is 0 Å². The van der Waals surface area contributed by atoms with Gasteiger partial charge in [-0.05, 0) is 28.2 Å². The maximum Gasteiger partial charge on any atom is 0.224 e. The highest BCUT2D eigenvalue weighted by Crippen LogP contribution is 2.42. The van der Waals surface area contributed by atoms with E-state index >= 15 is 0 Å². The molecule has 1 N–H and O–H groups in total. The van der Waals surface area contributed by atoms with Crippen LogP contribution in [0.15, 0.2) is 30.3 Å². The summed E-state index contributed by atoms with van der Waals surface area (Å²) in [6.07, 6.45) is -0.255. The lowest BCUT2D eigenvalue weighted by Crippen LogP contribution is -2.31. The molecule has 15 heavy (non-hydrogen) atoms. The molecule has 0 bridgehead atoms. The fourth-order valence-corrected chi connectivity index (χ4v) is 2.06. The van der Waals surface area contributed by atoms with Crippen LogP contribution in [0.3, 0.4) is 0 Å². The molecule has 0 fully saturated rings. The van der Waals surface area contributed by atoms with Crippen molar-refractivity contribution in [2.24, 2.45) is 0 Å². The van der Waals surface area contributed by atoms with Crippen LogP contribution < -0.4 is 0 Å². The number of hydrogen-bond donors (Lipinski definition) is 1. The molecule has 0 saturated heterocycles. The number of alkyl halides is 2. The van der Waals surface area contributed by atoms with E-state index in [4.69, 9.17) is 11.6 Å². The Balaban J connectivity index is 3.11. The lowest BCUT2D eigenvalue weighted by molar-refractivity contribution is 0.188. The Labute approximate surface area is 108 Å². The standard InChI is InChI=1S/C9H10ClIO3S/c1-15(13,14)9(10,11)8(12)7-5-3-2-4-6-7/h2-6,8,12H,1H3/t8-,9-/m0/s1. The van der Waals surface area contributed by atoms with Gasteiger partial charge < -0.3 is 5.11 Å². The second-order valence-electron chi connectivity index (χ2n) is 3.15. The third-order valence-electron chi connectivity index (χ3n) is 1.93. The average molecular weight is 361 g/mol. The van der Waals surface area contributed by atoms with Gasteiger partial charge in [-0.25, -0.2) is 8.42 Å². The molecule has 0 spiro atoms. The topological polar surface area (TPSA) is 54.4 Å². The van der Waals surface area contributed by atoms with E-state index in [0.717, 1.165) is 6.26 Å². The third-order valence-corrected chi connectivity index (χ3v) is 7.18. The van der Waals surface area contributed by atoms with Gasteiger partial charge in [-0.15, -0.1) is 0 Å². The van der Waals surface area contributed by atoms with Gasteiger partial charge in [0.05, 0.1) is 0 Å². The summed E-state index contributed by atoms with van der Waals surface area (Å²) in [4.78, 5) is 0. The molecule has 1 aromatic carbocycles. The maximum atomic E-state index is 11.4. The molecule has 0 aliphatic heterocycles. The predicted molar refractivity (Wildman–Crippen MR) is 68.8 cm³/mol. The summed E-state index contributed by atoms with van der Waals surface area (Å²) in [6.45, 7) is 0. The Morgan fingerprint density at radius 3 is 2.27 bits per heavy atom. The van der Waals surface area contributed by atoms with Crippen molar-refractivity contribution in [1.82, 2.24) is 0 Å². The van der Waals surface area contributed by atoms with Crippen LogP contribution in [0.5, 0.6) is 0 Å². The van der Waals surface area contributed by atoms with Crippen LogP contribution in [0, 0.1) is 0 Å². The highest BCUT2D eigenvalue weighted by Gasteiger charge is 2.43. The van der Waals surface area contributed by atoms with E-state index in [0.29, 0.717) is 5.56 Å². The maximum absolute atomic E-state index is 11.4. The monoisotopic (exact) mass is 360 g/mol. The Bertz CT molecular complexity index is 430. The Kier molecular flexibility index (Phi) is 4.02. The second-order valence-corrected chi connectivity index (χ2v) is 9.23. The molecule has 0 unspecified atom stereocenters. The first-order valence-corrected chi connectivity index (χ1v) is 7.42. The molecule has 0 amide bonds. The van der Waals surface area contributed by atoms with Gasteiger partial charge in [-0.2, -0.15) is 0 Å². The van der Waals surface area contributed by atoms with Crippen molar-refractivity contribution in [3.8, 4) is 0 Å². The number of halogens is 2. The van der Waals surface area contributed by atoms with Crippen molar-refractivity contribution in [1.29, 1.82) is 0 Å². The van der Waals surface area contributed by atoms with Gasteiger partial charge in [-0.1, -0.05) is 41.9 Å². The molecule has 1 aromatic rings. The van der Waals surface area contributed by atoms with Crippen LogP contribution in [-0.4, -0.2) is 22.0 Å². The number of aliphatic hydroxyl groups excluding tert-OH is 1. The summed E-state index contributed by atoms with van der Waals surface area (Å²) < 4.78 is 21.0. The molecular formula is C9H10ClIO3S. The molecule has 0 aromatic heterocycles. The Morgan fingerprint density at radius 2 is 1.87 bits per heavy atom. The van der Waals surface area contributed by atoms with Crippen LogP contribution in [0.25, 0.3) is 0 Å². The zero-order chi connectivity index (χ0) is 11.7. The van der Waals surface area contributed by atoms with Gasteiger partial charge >= 0.3 is 0 Å². The Hall–Kier alpha value is 0.150. The smallest absolute Gasteiger partial charge is 0.224 e. The van der Waals surface area contributed by atoms with Crippen molar-refractivity contribution in [3.63, 3.8) is 0 Å². The highest BCUT2D eigenvalue weighted by atomic mass is 127. The van der Waals surface area contributed by atoms with Gasteiger partial charge in [0.15, 0.2) is 9.84 Å². The number of benzene rings is 1. The molecule has 84 valence electrons. The van der Waals surface area contributed by atoms with Crippen LogP contribution in [0.4, 0.5) is 0 Å². The fourth-order valence-electron chi connectivity index (χ4n) is 1.03. The first-order valence-electron chi connectivity index (χ1n) is 4.07. The van der Waals surface area contributed by atoms with E-state index in [2.05, 4.69) is 0 Å². The minimum Gasteiger partial charge on any atom is -0.385 e. The minimum absolute atomic E-state index is 0.479. The van der Waals surface area contributed by atoms with Gasteiger partial charge in [0.25, 0.3) is 0 Å². The predicted octanol–water partition coefficient (Wildman–Crippen LogP) is 2.09. The van der Waals surface area contributed by atoms with E-state index < -0.39 is 18.2 Å². The van der Waals surface area contributed by atoms with Gasteiger partial charge in [0.2, 0.25) is 2.21 Å². The lowest BCUT2D eigenvalue weighted by Gasteiger charge is -2.24. The van der Waals surface area contributed by atoms with Crippen LogP contribution in [0.1, 0.15) is 11.7 Å². The zero-order valence-electron chi connectivity index (χ0n) is 7.89. The van der Waals surface area contributed by atoms with E-state index in [9.17, 15) is 13.5 Å². The zero-order valence-corrected chi connectivity index (χ0v) is 11.6. The molecule has 3 nitrogen and oxygen atoms in total. The summed E-state index contributed by atoms with van der Waals surface area (Å²) in [5, 5.41) is 9.87. The molecule has 0 radical (unpaired) electrons. The van der Waals surface area contributed by atoms with Crippen LogP contribution >= 0.6 is 34.2 Å². The molecular weight excluding hydrogens is 351 g/mol. The SMILES string of the molecule is CS(=O)(=O)[C@@](Cl)(I)[C@@H](O)c1ccccc1. The normalized spacial score (nSPS) is 18.1. The Morgan fingerprint density at radius 1 is 1.40 bits per heavy atom. The molecule has 0 saturated carbocycles. The summed E-state index contributed by atoms with van der Waals surface area (Å²) in [6, 6.07) is 8.46. The number of sulfone groups is 1. The second kappa shape index (κ2) is 4.57. The van der Waals surface area contributed by atoms with Crippen molar-refractivity contribution >= 4 is 44.0 Å². The van der Waals surface area contributed by atoms with E-state index in [1.165, 1.54) is 22.6 Å². The molecule has 0 heterocycles. The summed E-state index contributed by atoms with van der Waals surface area (Å²) in [7, 11) is -3.55. The molecule has 2 atom stereocenters. The fraction of sp³-hybridized carbons (Fsp3) is 0.333. The summed E-state index contributed by atoms with van der Waals surface area (Å²) in [5.74, 6) is 0. The lowest BCUT2D eigenvalue weighted by atomic mass is 10.1. The summed E-state index contributed by atoms with van der Waals surface area (Å²) >= 11 is 7.39. The van der Waals surface area contributed by atoms with Gasteiger partial charge in [0.1, 0.15) is 6.10 Å². The van der Waals surface area contributed by atoms with E-state index in [1.54, 1.807) is 30.3 Å². The highest BCUT2D eigenvalue weighted by molar-refractivity contribution is 14.1. The quantitative estimate of drug-likeness (QED) is 0.663. The van der Waals surface area contributed by atoms with Gasteiger partial charge in [-0.3, -0.25) is 0 Å². The number of aliphatic hydroxyl groups is 1. The number of rotatable bonds is 3. The summed E-state index contributed by atoms with van der Waals surface area (Å²) in [5.41, 5.74) is 0.479. The first-order chi connectivity index (χ1) is 6.77. The van der Waals surface area contributed by atoms with Crippen LogP contribution in [-0.2, 0) is 9.84 Å². The molecule has 0 aliphatic carbocycles. The molecule has 1 rings (SSSR count). The minimum atomic E-state index is -3.55. The van der Waals surface area contributed by atoms with Crippen molar-refractivity contribution in [2.45, 2.75) is 8.32 Å². The van der Waals surface area contributed by atoms with Crippen molar-refractivity contribution in [3.05, 3.63) is 35.9 Å². The van der Waals surface area contributed by atoms with E-state index in [-0.39, 0.29) is 0 Å². The van der Waals surface area contributed by atoms with Crippen molar-refractivity contribution in [2.75, 3.05) is 6.26 Å². The van der Waals surface area contributed by atoms with Crippen molar-refractivity contribution < 1.29 is 13.5 Å². The van der Waals surface area contributed by atoms with Gasteiger partial charge in [0, 0.05) is 6.26 Å². The van der Waals surface area contributed by atoms with E-state index in [1.807, 2.05) is 0 Å². The number of hydrogen-bond acceptors (Lipinski definition) is 3. The first kappa shape index (κ1) is 13.2. The molecule has 6 heteroatoms. The largest absolute Gasteiger partial charge is 0.385 e.